The number of ether oxygens (including phenoxy) is 2. The quantitative estimate of drug-likeness (QED) is 0.431. The number of morpholine rings is 1. The number of fused-ring (bicyclic) bond motifs is 1. The normalized spacial score (nSPS) is 22.2. The molecule has 2 aromatic rings. The number of anilines is 4. The Morgan fingerprint density at radius 2 is 1.80 bits per heavy atom. The summed E-state index contributed by atoms with van der Waals surface area (Å²) in [5, 5.41) is 11.6. The second kappa shape index (κ2) is 11.0. The van der Waals surface area contributed by atoms with Crippen molar-refractivity contribution in [2.24, 2.45) is 5.41 Å². The molecule has 3 aliphatic heterocycles. The highest BCUT2D eigenvalue weighted by molar-refractivity contribution is 7.93. The molecule has 0 unspecified atom stereocenters. The van der Waals surface area contributed by atoms with Crippen molar-refractivity contribution in [2.75, 3.05) is 65.8 Å². The molecule has 0 radical (unpaired) electrons. The molecular formula is C30H40N4O6S. The highest BCUT2D eigenvalue weighted by Crippen LogP contribution is 2.54. The number of rotatable bonds is 8. The van der Waals surface area contributed by atoms with E-state index in [1.54, 1.807) is 18.2 Å². The van der Waals surface area contributed by atoms with Crippen molar-refractivity contribution in [3.63, 3.8) is 0 Å². The van der Waals surface area contributed by atoms with Crippen molar-refractivity contribution in [3.8, 4) is 5.75 Å². The minimum atomic E-state index is -3.77. The van der Waals surface area contributed by atoms with Crippen LogP contribution in [0.4, 0.5) is 22.7 Å². The average Bonchev–Trinajstić information content (AvgIpc) is 3.53. The zero-order valence-electron chi connectivity index (χ0n) is 23.8. The highest BCUT2D eigenvalue weighted by atomic mass is 32.2. The number of sulfonamides is 1. The van der Waals surface area contributed by atoms with E-state index in [2.05, 4.69) is 26.8 Å². The van der Waals surface area contributed by atoms with Gasteiger partial charge in [-0.2, -0.15) is 0 Å². The van der Waals surface area contributed by atoms with E-state index in [0.717, 1.165) is 62.4 Å². The smallest absolute Gasteiger partial charge is 0.257 e. The third kappa shape index (κ3) is 5.85. The van der Waals surface area contributed by atoms with E-state index in [9.17, 15) is 18.3 Å². The number of carbonyl (C=O) groups is 1. The van der Waals surface area contributed by atoms with Gasteiger partial charge in [-0.3, -0.25) is 9.52 Å². The minimum absolute atomic E-state index is 0.109. The minimum Gasteiger partial charge on any atom is -0.491 e. The van der Waals surface area contributed by atoms with Gasteiger partial charge in [0.25, 0.3) is 5.91 Å². The van der Waals surface area contributed by atoms with Gasteiger partial charge in [0.2, 0.25) is 10.0 Å². The lowest BCUT2D eigenvalue weighted by atomic mass is 9.93. The summed E-state index contributed by atoms with van der Waals surface area (Å²) in [7, 11) is -3.77. The van der Waals surface area contributed by atoms with Crippen LogP contribution in [-0.4, -0.2) is 76.8 Å². The molecule has 3 fully saturated rings. The Labute approximate surface area is 242 Å². The number of hydrogen-bond donors (Lipinski definition) is 3. The fourth-order valence-corrected chi connectivity index (χ4v) is 6.99. The number of amides is 1. The van der Waals surface area contributed by atoms with Gasteiger partial charge in [-0.25, -0.2) is 8.42 Å². The summed E-state index contributed by atoms with van der Waals surface area (Å²) in [5.41, 5.74) is 4.78. The van der Waals surface area contributed by atoms with Crippen LogP contribution in [0, 0.1) is 5.41 Å². The standard InChI is InChI=1S/C30H40N4O6S/c1-20-18-34(12-14-39-20)27-17-24(15-22-5-13-40-28(22)27)31-29(36)25-4-3-23(32-41(37,38)21(2)19-35)16-26(25)33-10-8-30(6-7-30)9-11-33/h3-4,15-17,20-21,32,35H,5-14,18-19H2,1-2H3,(H,31,36)/t20-,21+/m1/s1. The Hall–Kier alpha value is -3.02. The van der Waals surface area contributed by atoms with Crippen LogP contribution in [0.25, 0.3) is 0 Å². The maximum atomic E-state index is 13.8. The largest absolute Gasteiger partial charge is 0.491 e. The lowest BCUT2D eigenvalue weighted by molar-refractivity contribution is 0.0530. The van der Waals surface area contributed by atoms with Crippen LogP contribution in [0.15, 0.2) is 30.3 Å². The zero-order valence-corrected chi connectivity index (χ0v) is 24.6. The van der Waals surface area contributed by atoms with E-state index in [1.165, 1.54) is 19.8 Å². The first kappa shape index (κ1) is 28.1. The molecule has 0 aromatic heterocycles. The third-order valence-electron chi connectivity index (χ3n) is 9.01. The van der Waals surface area contributed by atoms with Gasteiger partial charge < -0.3 is 29.7 Å². The van der Waals surface area contributed by atoms with Gasteiger partial charge in [-0.05, 0) is 75.3 Å². The lowest BCUT2D eigenvalue weighted by Crippen LogP contribution is -2.41. The summed E-state index contributed by atoms with van der Waals surface area (Å²) in [5.74, 6) is 0.638. The molecule has 11 heteroatoms. The highest BCUT2D eigenvalue weighted by Gasteiger charge is 2.44. The van der Waals surface area contributed by atoms with Gasteiger partial charge in [0, 0.05) is 43.9 Å². The molecule has 10 nitrogen and oxygen atoms in total. The van der Waals surface area contributed by atoms with Crippen molar-refractivity contribution in [2.45, 2.75) is 57.3 Å². The summed E-state index contributed by atoms with van der Waals surface area (Å²) >= 11 is 0. The fourth-order valence-electron chi connectivity index (χ4n) is 6.14. The number of piperidine rings is 1. The van der Waals surface area contributed by atoms with Crippen LogP contribution in [0.3, 0.4) is 0 Å². The summed E-state index contributed by atoms with van der Waals surface area (Å²) in [4.78, 5) is 18.3. The second-order valence-electron chi connectivity index (χ2n) is 12.0. The van der Waals surface area contributed by atoms with Crippen molar-refractivity contribution in [3.05, 3.63) is 41.5 Å². The molecule has 3 heterocycles. The SMILES string of the molecule is C[C@@H]1CN(c2cc(NC(=O)c3ccc(NS(=O)(=O)[C@@H](C)CO)cc3N3CCC4(CC3)CC4)cc3c2OCC3)CCO1. The molecule has 1 aliphatic carbocycles. The van der Waals surface area contributed by atoms with Crippen molar-refractivity contribution < 1.29 is 27.8 Å². The monoisotopic (exact) mass is 584 g/mol. The predicted molar refractivity (Wildman–Crippen MR) is 160 cm³/mol. The first-order valence-electron chi connectivity index (χ1n) is 14.7. The molecule has 2 saturated heterocycles. The van der Waals surface area contributed by atoms with Crippen molar-refractivity contribution in [1.82, 2.24) is 0 Å². The summed E-state index contributed by atoms with van der Waals surface area (Å²) < 4.78 is 39.6. The Bertz CT molecular complexity index is 1420. The fraction of sp³-hybridized carbons (Fsp3) is 0.567. The number of hydrogen-bond acceptors (Lipinski definition) is 8. The Balaban J connectivity index is 1.29. The van der Waals surface area contributed by atoms with E-state index >= 15 is 0 Å². The van der Waals surface area contributed by atoms with Gasteiger partial charge in [0.15, 0.2) is 0 Å². The number of aliphatic hydroxyl groups excluding tert-OH is 1. The number of nitrogens with zero attached hydrogens (tertiary/aromatic N) is 2. The van der Waals surface area contributed by atoms with E-state index in [-0.39, 0.29) is 12.0 Å². The number of nitrogens with one attached hydrogen (secondary N) is 2. The molecule has 1 spiro atoms. The van der Waals surface area contributed by atoms with Gasteiger partial charge in [-0.15, -0.1) is 0 Å². The number of carbonyl (C=O) groups excluding carboxylic acids is 1. The van der Waals surface area contributed by atoms with Gasteiger partial charge in [0.05, 0.1) is 48.6 Å². The molecule has 222 valence electrons. The molecule has 41 heavy (non-hydrogen) atoms. The third-order valence-corrected chi connectivity index (χ3v) is 10.7. The summed E-state index contributed by atoms with van der Waals surface area (Å²) in [6.45, 7) is 7.43. The predicted octanol–water partition coefficient (Wildman–Crippen LogP) is 3.60. The van der Waals surface area contributed by atoms with Crippen LogP contribution in [0.2, 0.25) is 0 Å². The average molecular weight is 585 g/mol. The van der Waals surface area contributed by atoms with Crippen LogP contribution in [-0.2, 0) is 21.2 Å². The number of benzene rings is 2. The first-order chi connectivity index (χ1) is 19.7. The van der Waals surface area contributed by atoms with E-state index in [4.69, 9.17) is 9.47 Å². The molecule has 6 rings (SSSR count). The maximum Gasteiger partial charge on any atom is 0.257 e. The maximum absolute atomic E-state index is 13.8. The van der Waals surface area contributed by atoms with E-state index < -0.39 is 21.9 Å². The van der Waals surface area contributed by atoms with E-state index in [0.29, 0.717) is 41.3 Å². The van der Waals surface area contributed by atoms with Gasteiger partial charge >= 0.3 is 0 Å². The summed E-state index contributed by atoms with van der Waals surface area (Å²) in [6, 6.07) is 9.02. The Morgan fingerprint density at radius 3 is 2.51 bits per heavy atom. The van der Waals surface area contributed by atoms with Crippen LogP contribution in [0.1, 0.15) is 55.5 Å². The lowest BCUT2D eigenvalue weighted by Gasteiger charge is -2.35. The van der Waals surface area contributed by atoms with Crippen molar-refractivity contribution >= 4 is 38.7 Å². The Kier molecular flexibility index (Phi) is 7.54. The van der Waals surface area contributed by atoms with Crippen LogP contribution in [0.5, 0.6) is 5.75 Å². The van der Waals surface area contributed by atoms with E-state index in [1.807, 2.05) is 12.1 Å². The van der Waals surface area contributed by atoms with Gasteiger partial charge in [0.1, 0.15) is 11.0 Å². The zero-order chi connectivity index (χ0) is 28.8. The molecule has 3 N–H and O–H groups in total. The molecule has 0 bridgehead atoms. The molecule has 4 aliphatic rings. The summed E-state index contributed by atoms with van der Waals surface area (Å²) in [6.07, 6.45) is 5.55. The molecule has 2 aromatic carbocycles. The first-order valence-corrected chi connectivity index (χ1v) is 16.2. The number of aliphatic hydroxyl groups is 1. The van der Waals surface area contributed by atoms with Crippen LogP contribution < -0.4 is 24.6 Å². The molecular weight excluding hydrogens is 544 g/mol. The molecule has 2 atom stereocenters. The molecule has 1 saturated carbocycles. The second-order valence-corrected chi connectivity index (χ2v) is 14.1. The molecule has 1 amide bonds. The van der Waals surface area contributed by atoms with Crippen molar-refractivity contribution in [1.29, 1.82) is 0 Å². The van der Waals surface area contributed by atoms with Gasteiger partial charge in [-0.1, -0.05) is 0 Å². The topological polar surface area (TPSA) is 120 Å². The van der Waals surface area contributed by atoms with Crippen LogP contribution >= 0.6 is 0 Å². The Morgan fingerprint density at radius 1 is 1.05 bits per heavy atom.